The molecule has 2 saturated carbocycles. The van der Waals surface area contributed by atoms with E-state index in [9.17, 15) is 19.5 Å². The number of carboxylic acid groups (broad SMARTS) is 1. The number of esters is 1. The van der Waals surface area contributed by atoms with Crippen molar-refractivity contribution in [2.24, 2.45) is 17.8 Å². The summed E-state index contributed by atoms with van der Waals surface area (Å²) < 4.78 is 5.76. The number of carboxylic acids is 1. The zero-order valence-electron chi connectivity index (χ0n) is 23.0. The normalized spacial score (nSPS) is 25.7. The van der Waals surface area contributed by atoms with Gasteiger partial charge in [-0.3, -0.25) is 9.59 Å². The largest absolute Gasteiger partial charge is 0.477 e. The molecule has 1 aromatic heterocycles. The molecule has 0 saturated heterocycles. The predicted molar refractivity (Wildman–Crippen MR) is 145 cm³/mol. The molecule has 36 heavy (non-hydrogen) atoms. The van der Waals surface area contributed by atoms with E-state index in [1.807, 2.05) is 11.0 Å². The van der Waals surface area contributed by atoms with E-state index < -0.39 is 5.97 Å². The SMILES string of the molecule is CC[C@H](C)CC(=O)OC1CCC(N(C(=O)C2CCC(C)CC2)c2cc(C(C)(C)C)sc2C(=O)O)CC1. The lowest BCUT2D eigenvalue weighted by atomic mass is 9.81. The third kappa shape index (κ3) is 7.11. The van der Waals surface area contributed by atoms with E-state index >= 15 is 0 Å². The van der Waals surface area contributed by atoms with Gasteiger partial charge in [0.1, 0.15) is 11.0 Å². The van der Waals surface area contributed by atoms with Gasteiger partial charge in [-0.05, 0) is 74.7 Å². The Balaban J connectivity index is 1.84. The number of anilines is 1. The fourth-order valence-electron chi connectivity index (χ4n) is 5.37. The van der Waals surface area contributed by atoms with Crippen LogP contribution in [-0.2, 0) is 19.7 Å². The lowest BCUT2D eigenvalue weighted by molar-refractivity contribution is -0.151. The molecule has 0 aromatic carbocycles. The summed E-state index contributed by atoms with van der Waals surface area (Å²) in [5, 5.41) is 10.1. The second kappa shape index (κ2) is 12.1. The van der Waals surface area contributed by atoms with Crippen LogP contribution in [0.25, 0.3) is 0 Å². The van der Waals surface area contributed by atoms with Crippen molar-refractivity contribution >= 4 is 34.9 Å². The molecular formula is C29H45NO5S. The molecule has 0 radical (unpaired) electrons. The molecule has 7 heteroatoms. The van der Waals surface area contributed by atoms with E-state index in [0.29, 0.717) is 49.6 Å². The van der Waals surface area contributed by atoms with Crippen molar-refractivity contribution < 1.29 is 24.2 Å². The molecule has 2 fully saturated rings. The molecule has 3 rings (SSSR count). The number of hydrogen-bond donors (Lipinski definition) is 1. The van der Waals surface area contributed by atoms with Crippen LogP contribution in [0, 0.1) is 17.8 Å². The standard InChI is InChI=1S/C29H45NO5S/c1-7-18(2)16-25(31)35-22-14-12-21(13-15-22)30(27(32)20-10-8-19(3)9-11-20)23-17-24(29(4,5)6)36-26(23)28(33)34/h17-22H,7-16H2,1-6H3,(H,33,34)/t18-,19?,20?,21?,22?/m0/s1. The third-order valence-electron chi connectivity index (χ3n) is 8.03. The van der Waals surface area contributed by atoms with Crippen LogP contribution in [-0.4, -0.2) is 35.1 Å². The van der Waals surface area contributed by atoms with Gasteiger partial charge < -0.3 is 14.7 Å². The van der Waals surface area contributed by atoms with Gasteiger partial charge in [0.2, 0.25) is 5.91 Å². The number of thiophene rings is 1. The molecule has 0 aliphatic heterocycles. The summed E-state index contributed by atoms with van der Waals surface area (Å²) in [6.07, 6.45) is 7.84. The Morgan fingerprint density at radius 1 is 1.08 bits per heavy atom. The van der Waals surface area contributed by atoms with Crippen LogP contribution >= 0.6 is 11.3 Å². The second-order valence-electron chi connectivity index (χ2n) is 12.2. The van der Waals surface area contributed by atoms with Crippen LogP contribution < -0.4 is 4.90 Å². The fourth-order valence-corrected chi connectivity index (χ4v) is 6.41. The highest BCUT2D eigenvalue weighted by atomic mass is 32.1. The van der Waals surface area contributed by atoms with Crippen molar-refractivity contribution in [2.75, 3.05) is 4.90 Å². The molecule has 1 atom stereocenters. The van der Waals surface area contributed by atoms with Gasteiger partial charge in [-0.2, -0.15) is 0 Å². The Morgan fingerprint density at radius 2 is 1.69 bits per heavy atom. The van der Waals surface area contributed by atoms with Gasteiger partial charge in [-0.25, -0.2) is 4.79 Å². The topological polar surface area (TPSA) is 83.9 Å². The van der Waals surface area contributed by atoms with Crippen molar-refractivity contribution in [3.05, 3.63) is 15.8 Å². The first-order chi connectivity index (χ1) is 16.9. The van der Waals surface area contributed by atoms with E-state index in [0.717, 1.165) is 37.0 Å². The van der Waals surface area contributed by atoms with Crippen LogP contribution in [0.1, 0.15) is 120 Å². The average molecular weight is 520 g/mol. The molecule has 0 spiro atoms. The van der Waals surface area contributed by atoms with Crippen molar-refractivity contribution in [3.8, 4) is 0 Å². The molecule has 0 unspecified atom stereocenters. The van der Waals surface area contributed by atoms with Gasteiger partial charge in [-0.15, -0.1) is 11.3 Å². The monoisotopic (exact) mass is 519 g/mol. The number of carbonyl (C=O) groups excluding carboxylic acids is 2. The first kappa shape index (κ1) is 28.7. The third-order valence-corrected chi connectivity index (χ3v) is 9.57. The molecule has 202 valence electrons. The van der Waals surface area contributed by atoms with Gasteiger partial charge in [0.05, 0.1) is 5.69 Å². The highest BCUT2D eigenvalue weighted by Crippen LogP contribution is 2.42. The maximum atomic E-state index is 14.0. The van der Waals surface area contributed by atoms with Crippen molar-refractivity contribution in [2.45, 2.75) is 123 Å². The lowest BCUT2D eigenvalue weighted by Gasteiger charge is -2.39. The number of ether oxygens (including phenoxy) is 1. The highest BCUT2D eigenvalue weighted by Gasteiger charge is 2.38. The number of aromatic carboxylic acids is 1. The molecule has 1 N–H and O–H groups in total. The zero-order valence-corrected chi connectivity index (χ0v) is 23.8. The van der Waals surface area contributed by atoms with Crippen molar-refractivity contribution in [1.82, 2.24) is 0 Å². The maximum Gasteiger partial charge on any atom is 0.348 e. The van der Waals surface area contributed by atoms with Gasteiger partial charge in [-0.1, -0.05) is 48.0 Å². The number of hydrogen-bond acceptors (Lipinski definition) is 5. The summed E-state index contributed by atoms with van der Waals surface area (Å²) in [5.74, 6) is -0.172. The predicted octanol–water partition coefficient (Wildman–Crippen LogP) is 7.19. The summed E-state index contributed by atoms with van der Waals surface area (Å²) in [5.41, 5.74) is 0.349. The quantitative estimate of drug-likeness (QED) is 0.367. The first-order valence-corrected chi connectivity index (χ1v) is 14.6. The van der Waals surface area contributed by atoms with E-state index in [4.69, 9.17) is 4.74 Å². The van der Waals surface area contributed by atoms with Gasteiger partial charge in [0.25, 0.3) is 0 Å². The van der Waals surface area contributed by atoms with E-state index in [2.05, 4.69) is 41.5 Å². The summed E-state index contributed by atoms with van der Waals surface area (Å²) in [7, 11) is 0. The second-order valence-corrected chi connectivity index (χ2v) is 13.2. The van der Waals surface area contributed by atoms with E-state index in [1.54, 1.807) is 0 Å². The Hall–Kier alpha value is -1.89. The molecule has 2 aliphatic rings. The first-order valence-electron chi connectivity index (χ1n) is 13.8. The number of amides is 1. The molecule has 1 amide bonds. The minimum atomic E-state index is -0.978. The zero-order chi connectivity index (χ0) is 26.6. The molecule has 0 bridgehead atoms. The summed E-state index contributed by atoms with van der Waals surface area (Å²) in [4.78, 5) is 41.7. The Morgan fingerprint density at radius 3 is 2.22 bits per heavy atom. The van der Waals surface area contributed by atoms with Gasteiger partial charge in [0.15, 0.2) is 0 Å². The van der Waals surface area contributed by atoms with E-state index in [-0.39, 0.29) is 40.2 Å². The molecule has 1 heterocycles. The average Bonchev–Trinajstić information content (AvgIpc) is 3.26. The fraction of sp³-hybridized carbons (Fsp3) is 0.759. The number of nitrogens with zero attached hydrogens (tertiary/aromatic N) is 1. The highest BCUT2D eigenvalue weighted by molar-refractivity contribution is 7.14. The smallest absolute Gasteiger partial charge is 0.348 e. The number of rotatable bonds is 8. The summed E-state index contributed by atoms with van der Waals surface area (Å²) in [6, 6.07) is 1.86. The lowest BCUT2D eigenvalue weighted by Crippen LogP contribution is -2.47. The Labute approximate surface area is 220 Å². The minimum absolute atomic E-state index is 0.0630. The minimum Gasteiger partial charge on any atom is -0.477 e. The maximum absolute atomic E-state index is 14.0. The van der Waals surface area contributed by atoms with Gasteiger partial charge in [0, 0.05) is 23.3 Å². The van der Waals surface area contributed by atoms with Crippen LogP contribution in [0.4, 0.5) is 5.69 Å². The van der Waals surface area contributed by atoms with Crippen molar-refractivity contribution in [1.29, 1.82) is 0 Å². The molecule has 2 aliphatic carbocycles. The van der Waals surface area contributed by atoms with Gasteiger partial charge >= 0.3 is 11.9 Å². The molecule has 1 aromatic rings. The summed E-state index contributed by atoms with van der Waals surface area (Å²) >= 11 is 1.29. The van der Waals surface area contributed by atoms with Crippen LogP contribution in [0.2, 0.25) is 0 Å². The van der Waals surface area contributed by atoms with Crippen LogP contribution in [0.15, 0.2) is 6.07 Å². The Bertz CT molecular complexity index is 917. The van der Waals surface area contributed by atoms with E-state index in [1.165, 1.54) is 11.3 Å². The van der Waals surface area contributed by atoms with Crippen molar-refractivity contribution in [3.63, 3.8) is 0 Å². The van der Waals surface area contributed by atoms with Crippen LogP contribution in [0.3, 0.4) is 0 Å². The Kier molecular flexibility index (Phi) is 9.64. The molecular weight excluding hydrogens is 474 g/mol. The molecule has 6 nitrogen and oxygen atoms in total. The summed E-state index contributed by atoms with van der Waals surface area (Å²) in [6.45, 7) is 12.6. The number of carbonyl (C=O) groups is 3. The van der Waals surface area contributed by atoms with Crippen LogP contribution in [0.5, 0.6) is 0 Å².